The number of hydrogen-bond donors (Lipinski definition) is 0. The van der Waals surface area contributed by atoms with Crippen molar-refractivity contribution in [3.05, 3.63) is 34.6 Å². The number of carbonyl (C=O) groups is 1. The van der Waals surface area contributed by atoms with Gasteiger partial charge in [0.25, 0.3) is 5.91 Å². The molecule has 0 aromatic heterocycles. The Bertz CT molecular complexity index is 471. The van der Waals surface area contributed by atoms with E-state index < -0.39 is 5.82 Å². The van der Waals surface area contributed by atoms with Crippen LogP contribution >= 0.6 is 23.2 Å². The molecule has 0 radical (unpaired) electrons. The SMILES string of the molecule is CC(Cl)C1CCN(C(=O)c2ccc(Cl)cc2F)CC1. The quantitative estimate of drug-likeness (QED) is 0.757. The lowest BCUT2D eigenvalue weighted by molar-refractivity contribution is 0.0685. The lowest BCUT2D eigenvalue weighted by Crippen LogP contribution is -2.40. The Balaban J connectivity index is 2.05. The number of hydrogen-bond acceptors (Lipinski definition) is 1. The molecule has 0 saturated carbocycles. The van der Waals surface area contributed by atoms with E-state index in [1.165, 1.54) is 18.2 Å². The third kappa shape index (κ3) is 3.40. The van der Waals surface area contributed by atoms with Gasteiger partial charge in [-0.05, 0) is 43.9 Å². The first-order valence-corrected chi connectivity index (χ1v) is 7.19. The third-order valence-electron chi connectivity index (χ3n) is 3.64. The second-order valence-electron chi connectivity index (χ2n) is 4.93. The maximum Gasteiger partial charge on any atom is 0.256 e. The Hall–Kier alpha value is -0.800. The number of benzene rings is 1. The normalized spacial score (nSPS) is 18.4. The van der Waals surface area contributed by atoms with Crippen molar-refractivity contribution in [3.63, 3.8) is 0 Å². The Labute approximate surface area is 122 Å². The van der Waals surface area contributed by atoms with Gasteiger partial charge in [-0.3, -0.25) is 4.79 Å². The third-order valence-corrected chi connectivity index (χ3v) is 4.23. The fraction of sp³-hybridized carbons (Fsp3) is 0.500. The van der Waals surface area contributed by atoms with Gasteiger partial charge in [-0.2, -0.15) is 0 Å². The second kappa shape index (κ2) is 6.10. The summed E-state index contributed by atoms with van der Waals surface area (Å²) in [5, 5.41) is 0.410. The van der Waals surface area contributed by atoms with E-state index in [-0.39, 0.29) is 16.8 Å². The van der Waals surface area contributed by atoms with Gasteiger partial charge >= 0.3 is 0 Å². The number of carbonyl (C=O) groups excluding carboxylic acids is 1. The van der Waals surface area contributed by atoms with Crippen LogP contribution in [0.15, 0.2) is 18.2 Å². The summed E-state index contributed by atoms with van der Waals surface area (Å²) in [6.07, 6.45) is 1.73. The molecule has 1 atom stereocenters. The van der Waals surface area contributed by atoms with E-state index in [0.717, 1.165) is 12.8 Å². The zero-order chi connectivity index (χ0) is 14.0. The molecule has 1 heterocycles. The van der Waals surface area contributed by atoms with Crippen molar-refractivity contribution in [3.8, 4) is 0 Å². The molecular weight excluding hydrogens is 288 g/mol. The van der Waals surface area contributed by atoms with Gasteiger partial charge in [-0.25, -0.2) is 4.39 Å². The summed E-state index contributed by atoms with van der Waals surface area (Å²) < 4.78 is 13.7. The van der Waals surface area contributed by atoms with Crippen molar-refractivity contribution in [1.82, 2.24) is 4.90 Å². The number of amides is 1. The first-order chi connectivity index (χ1) is 8.99. The van der Waals surface area contributed by atoms with Gasteiger partial charge in [0.05, 0.1) is 5.56 Å². The van der Waals surface area contributed by atoms with Crippen LogP contribution in [0, 0.1) is 11.7 Å². The van der Waals surface area contributed by atoms with Gasteiger partial charge in [0.1, 0.15) is 5.82 Å². The molecule has 5 heteroatoms. The number of halogens is 3. The van der Waals surface area contributed by atoms with Crippen LogP contribution < -0.4 is 0 Å². The molecule has 2 rings (SSSR count). The number of likely N-dealkylation sites (tertiary alicyclic amines) is 1. The van der Waals surface area contributed by atoms with Gasteiger partial charge in [0.2, 0.25) is 0 Å². The van der Waals surface area contributed by atoms with Crippen molar-refractivity contribution in [1.29, 1.82) is 0 Å². The molecule has 1 aromatic carbocycles. The maximum absolute atomic E-state index is 13.7. The highest BCUT2D eigenvalue weighted by Crippen LogP contribution is 2.25. The summed E-state index contributed by atoms with van der Waals surface area (Å²) in [6, 6.07) is 4.14. The molecule has 104 valence electrons. The maximum atomic E-state index is 13.7. The topological polar surface area (TPSA) is 20.3 Å². The molecule has 1 saturated heterocycles. The fourth-order valence-corrected chi connectivity index (χ4v) is 2.81. The first-order valence-electron chi connectivity index (χ1n) is 6.37. The van der Waals surface area contributed by atoms with Gasteiger partial charge in [-0.15, -0.1) is 11.6 Å². The molecule has 1 amide bonds. The van der Waals surface area contributed by atoms with Crippen molar-refractivity contribution >= 4 is 29.1 Å². The second-order valence-corrected chi connectivity index (χ2v) is 6.06. The zero-order valence-electron chi connectivity index (χ0n) is 10.7. The molecule has 1 aromatic rings. The van der Waals surface area contributed by atoms with Crippen LogP contribution in [0.25, 0.3) is 0 Å². The van der Waals surface area contributed by atoms with Crippen molar-refractivity contribution in [2.45, 2.75) is 25.1 Å². The molecule has 0 N–H and O–H groups in total. The summed E-state index contributed by atoms with van der Waals surface area (Å²) in [5.41, 5.74) is 0.0850. The lowest BCUT2D eigenvalue weighted by atomic mass is 9.93. The number of piperidine rings is 1. The van der Waals surface area contributed by atoms with Gasteiger partial charge in [0.15, 0.2) is 0 Å². The van der Waals surface area contributed by atoms with E-state index >= 15 is 0 Å². The largest absolute Gasteiger partial charge is 0.339 e. The predicted octanol–water partition coefficient (Wildman–Crippen LogP) is 3.96. The van der Waals surface area contributed by atoms with Gasteiger partial charge in [-0.1, -0.05) is 11.6 Å². The van der Waals surface area contributed by atoms with E-state index in [1.807, 2.05) is 6.92 Å². The highest BCUT2D eigenvalue weighted by Gasteiger charge is 2.27. The van der Waals surface area contributed by atoms with Crippen molar-refractivity contribution in [2.75, 3.05) is 13.1 Å². The van der Waals surface area contributed by atoms with E-state index in [0.29, 0.717) is 24.0 Å². The first kappa shape index (κ1) is 14.6. The average molecular weight is 304 g/mol. The summed E-state index contributed by atoms with van der Waals surface area (Å²) in [4.78, 5) is 13.9. The Morgan fingerprint density at radius 1 is 1.42 bits per heavy atom. The van der Waals surface area contributed by atoms with Gasteiger partial charge in [0, 0.05) is 23.5 Å². The van der Waals surface area contributed by atoms with Crippen LogP contribution in [0.2, 0.25) is 5.02 Å². The Morgan fingerprint density at radius 2 is 2.05 bits per heavy atom. The highest BCUT2D eigenvalue weighted by atomic mass is 35.5. The van der Waals surface area contributed by atoms with Crippen molar-refractivity contribution in [2.24, 2.45) is 5.92 Å². The van der Waals surface area contributed by atoms with E-state index in [4.69, 9.17) is 23.2 Å². The standard InChI is InChI=1S/C14H16Cl2FNO/c1-9(15)10-4-6-18(7-5-10)14(19)12-3-2-11(16)8-13(12)17/h2-3,8-10H,4-7H2,1H3. The number of nitrogens with zero attached hydrogens (tertiary/aromatic N) is 1. The minimum absolute atomic E-state index is 0.0850. The summed E-state index contributed by atoms with van der Waals surface area (Å²) in [5.74, 6) is -0.402. The van der Waals surface area contributed by atoms with Crippen LogP contribution in [0.5, 0.6) is 0 Å². The summed E-state index contributed by atoms with van der Waals surface area (Å²) >= 11 is 11.7. The zero-order valence-corrected chi connectivity index (χ0v) is 12.2. The minimum atomic E-state index is -0.565. The molecule has 19 heavy (non-hydrogen) atoms. The molecule has 2 nitrogen and oxygen atoms in total. The van der Waals surface area contributed by atoms with Crippen LogP contribution in [0.1, 0.15) is 30.1 Å². The summed E-state index contributed by atoms with van der Waals surface area (Å²) in [6.45, 7) is 3.23. The average Bonchev–Trinajstić information content (AvgIpc) is 2.38. The molecule has 0 bridgehead atoms. The molecular formula is C14H16Cl2FNO. The minimum Gasteiger partial charge on any atom is -0.339 e. The number of alkyl halides is 1. The Kier molecular flexibility index (Phi) is 4.69. The molecule has 0 spiro atoms. The molecule has 1 unspecified atom stereocenters. The molecule has 1 aliphatic rings. The van der Waals surface area contributed by atoms with Crippen LogP contribution in [-0.2, 0) is 0 Å². The van der Waals surface area contributed by atoms with Crippen molar-refractivity contribution < 1.29 is 9.18 Å². The fourth-order valence-electron chi connectivity index (χ4n) is 2.40. The van der Waals surface area contributed by atoms with Crippen LogP contribution in [0.4, 0.5) is 4.39 Å². The van der Waals surface area contributed by atoms with Gasteiger partial charge < -0.3 is 4.90 Å². The van der Waals surface area contributed by atoms with Crippen LogP contribution in [-0.4, -0.2) is 29.3 Å². The molecule has 1 fully saturated rings. The number of rotatable bonds is 2. The predicted molar refractivity (Wildman–Crippen MR) is 75.4 cm³/mol. The molecule has 1 aliphatic heterocycles. The van der Waals surface area contributed by atoms with E-state index in [2.05, 4.69) is 0 Å². The monoisotopic (exact) mass is 303 g/mol. The highest BCUT2D eigenvalue weighted by molar-refractivity contribution is 6.30. The van der Waals surface area contributed by atoms with E-state index in [1.54, 1.807) is 4.90 Å². The Morgan fingerprint density at radius 3 is 2.58 bits per heavy atom. The van der Waals surface area contributed by atoms with E-state index in [9.17, 15) is 9.18 Å². The summed E-state index contributed by atoms with van der Waals surface area (Å²) in [7, 11) is 0. The lowest BCUT2D eigenvalue weighted by Gasteiger charge is -2.33. The smallest absolute Gasteiger partial charge is 0.256 e. The molecule has 0 aliphatic carbocycles. The van der Waals surface area contributed by atoms with Crippen LogP contribution in [0.3, 0.4) is 0 Å².